The fourth-order valence-corrected chi connectivity index (χ4v) is 2.49. The molecular formula is C15H29N3O2. The topological polar surface area (TPSA) is 48.3 Å². The molecule has 1 unspecified atom stereocenters. The van der Waals surface area contributed by atoms with Crippen LogP contribution in [0.4, 0.5) is 0 Å². The molecule has 0 amide bonds. The normalized spacial score (nSPS) is 13.5. The standard InChI is InChI=1S/C15H29N3O2/c1-7-10-16-14(15(4,5)20-9-3)13-12(19-6)11-17-18(13)8-2/h11,14,16H,7-10H2,1-6H3. The second kappa shape index (κ2) is 7.64. The molecule has 1 aromatic rings. The van der Waals surface area contributed by atoms with Gasteiger partial charge in [0.15, 0.2) is 5.75 Å². The molecule has 0 saturated carbocycles. The summed E-state index contributed by atoms with van der Waals surface area (Å²) in [7, 11) is 1.69. The van der Waals surface area contributed by atoms with Crippen molar-refractivity contribution in [2.45, 2.75) is 59.2 Å². The Morgan fingerprint density at radius 2 is 2.05 bits per heavy atom. The van der Waals surface area contributed by atoms with Gasteiger partial charge >= 0.3 is 0 Å². The van der Waals surface area contributed by atoms with Gasteiger partial charge in [0.1, 0.15) is 5.69 Å². The van der Waals surface area contributed by atoms with E-state index in [-0.39, 0.29) is 11.6 Å². The van der Waals surface area contributed by atoms with Gasteiger partial charge < -0.3 is 14.8 Å². The SMILES string of the molecule is CCCNC(c1c(OC)cnn1CC)C(C)(C)OCC. The number of methoxy groups -OCH3 is 1. The highest BCUT2D eigenvalue weighted by Gasteiger charge is 2.35. The highest BCUT2D eigenvalue weighted by molar-refractivity contribution is 5.30. The summed E-state index contributed by atoms with van der Waals surface area (Å²) in [4.78, 5) is 0. The predicted octanol–water partition coefficient (Wildman–Crippen LogP) is 2.77. The van der Waals surface area contributed by atoms with E-state index in [1.807, 2.05) is 11.6 Å². The zero-order valence-corrected chi connectivity index (χ0v) is 13.7. The molecule has 5 heteroatoms. The molecule has 0 fully saturated rings. The van der Waals surface area contributed by atoms with E-state index in [0.717, 1.165) is 31.0 Å². The first-order valence-electron chi connectivity index (χ1n) is 7.48. The summed E-state index contributed by atoms with van der Waals surface area (Å²) in [5.74, 6) is 0.813. The number of rotatable bonds is 9. The number of nitrogens with one attached hydrogen (secondary N) is 1. The van der Waals surface area contributed by atoms with E-state index < -0.39 is 0 Å². The minimum atomic E-state index is -0.329. The molecule has 0 aromatic carbocycles. The van der Waals surface area contributed by atoms with Crippen LogP contribution in [0.25, 0.3) is 0 Å². The Hall–Kier alpha value is -1.07. The zero-order chi connectivity index (χ0) is 15.2. The molecule has 0 spiro atoms. The monoisotopic (exact) mass is 283 g/mol. The predicted molar refractivity (Wildman–Crippen MR) is 81.2 cm³/mol. The number of hydrogen-bond donors (Lipinski definition) is 1. The maximum absolute atomic E-state index is 5.95. The smallest absolute Gasteiger partial charge is 0.161 e. The average molecular weight is 283 g/mol. The number of aryl methyl sites for hydroxylation is 1. The van der Waals surface area contributed by atoms with Gasteiger partial charge in [-0.3, -0.25) is 4.68 Å². The molecule has 116 valence electrons. The summed E-state index contributed by atoms with van der Waals surface area (Å²) in [5.41, 5.74) is 0.728. The molecule has 0 aliphatic heterocycles. The van der Waals surface area contributed by atoms with Gasteiger partial charge in [-0.1, -0.05) is 6.92 Å². The molecule has 0 aliphatic rings. The molecule has 1 aromatic heterocycles. The Morgan fingerprint density at radius 3 is 2.55 bits per heavy atom. The summed E-state index contributed by atoms with van der Waals surface area (Å²) < 4.78 is 13.4. The Morgan fingerprint density at radius 1 is 1.35 bits per heavy atom. The first-order chi connectivity index (χ1) is 9.51. The molecule has 0 saturated heterocycles. The largest absolute Gasteiger partial charge is 0.493 e. The summed E-state index contributed by atoms with van der Waals surface area (Å²) in [6, 6.07) is 0.0415. The van der Waals surface area contributed by atoms with E-state index >= 15 is 0 Å². The fourth-order valence-electron chi connectivity index (χ4n) is 2.49. The van der Waals surface area contributed by atoms with E-state index in [2.05, 4.69) is 38.1 Å². The Bertz CT molecular complexity index is 380. The molecule has 5 nitrogen and oxygen atoms in total. The third-order valence-electron chi connectivity index (χ3n) is 3.45. The van der Waals surface area contributed by atoms with Crippen LogP contribution in [0.2, 0.25) is 0 Å². The lowest BCUT2D eigenvalue weighted by molar-refractivity contribution is -0.0416. The second-order valence-corrected chi connectivity index (χ2v) is 5.34. The lowest BCUT2D eigenvalue weighted by Crippen LogP contribution is -2.43. The van der Waals surface area contributed by atoms with E-state index in [0.29, 0.717) is 6.61 Å². The van der Waals surface area contributed by atoms with Crippen LogP contribution in [0, 0.1) is 0 Å². The number of ether oxygens (including phenoxy) is 2. The van der Waals surface area contributed by atoms with Gasteiger partial charge in [-0.25, -0.2) is 0 Å². The van der Waals surface area contributed by atoms with Crippen LogP contribution in [-0.2, 0) is 11.3 Å². The van der Waals surface area contributed by atoms with Crippen molar-refractivity contribution in [2.24, 2.45) is 0 Å². The van der Waals surface area contributed by atoms with Crippen molar-refractivity contribution in [1.29, 1.82) is 0 Å². The third kappa shape index (κ3) is 3.73. The maximum Gasteiger partial charge on any atom is 0.161 e. The molecule has 1 atom stereocenters. The quantitative estimate of drug-likeness (QED) is 0.757. The Kier molecular flexibility index (Phi) is 6.49. The Balaban J connectivity index is 3.18. The molecule has 0 aliphatic carbocycles. The van der Waals surface area contributed by atoms with Crippen LogP contribution >= 0.6 is 0 Å². The molecule has 1 N–H and O–H groups in total. The lowest BCUT2D eigenvalue weighted by Gasteiger charge is -2.35. The van der Waals surface area contributed by atoms with Crippen LogP contribution in [0.1, 0.15) is 52.8 Å². The van der Waals surface area contributed by atoms with Crippen molar-refractivity contribution in [3.05, 3.63) is 11.9 Å². The van der Waals surface area contributed by atoms with Gasteiger partial charge in [-0.05, 0) is 40.7 Å². The van der Waals surface area contributed by atoms with E-state index in [1.165, 1.54) is 0 Å². The first kappa shape index (κ1) is 17.0. The van der Waals surface area contributed by atoms with E-state index in [4.69, 9.17) is 9.47 Å². The minimum Gasteiger partial charge on any atom is -0.493 e. The van der Waals surface area contributed by atoms with Gasteiger partial charge in [0.25, 0.3) is 0 Å². The molecule has 0 radical (unpaired) electrons. The summed E-state index contributed by atoms with van der Waals surface area (Å²) in [6.07, 6.45) is 2.85. The van der Waals surface area contributed by atoms with E-state index in [1.54, 1.807) is 13.3 Å². The minimum absolute atomic E-state index is 0.0415. The van der Waals surface area contributed by atoms with Crippen LogP contribution in [0.5, 0.6) is 5.75 Å². The summed E-state index contributed by atoms with van der Waals surface area (Å²) in [6.45, 7) is 12.9. The van der Waals surface area contributed by atoms with Crippen molar-refractivity contribution >= 4 is 0 Å². The molecule has 1 heterocycles. The first-order valence-corrected chi connectivity index (χ1v) is 7.48. The Labute approximate surface area is 122 Å². The third-order valence-corrected chi connectivity index (χ3v) is 3.45. The average Bonchev–Trinajstić information content (AvgIpc) is 2.81. The maximum atomic E-state index is 5.95. The van der Waals surface area contributed by atoms with Crippen LogP contribution in [0.15, 0.2) is 6.20 Å². The van der Waals surface area contributed by atoms with E-state index in [9.17, 15) is 0 Å². The van der Waals surface area contributed by atoms with Crippen LogP contribution in [-0.4, -0.2) is 35.6 Å². The molecule has 20 heavy (non-hydrogen) atoms. The second-order valence-electron chi connectivity index (χ2n) is 5.34. The van der Waals surface area contributed by atoms with Gasteiger partial charge in [0, 0.05) is 13.2 Å². The summed E-state index contributed by atoms with van der Waals surface area (Å²) in [5, 5.41) is 7.98. The number of aromatic nitrogens is 2. The molecular weight excluding hydrogens is 254 g/mol. The van der Waals surface area contributed by atoms with Crippen LogP contribution in [0.3, 0.4) is 0 Å². The van der Waals surface area contributed by atoms with Gasteiger partial charge in [0.05, 0.1) is 24.9 Å². The van der Waals surface area contributed by atoms with Crippen molar-refractivity contribution < 1.29 is 9.47 Å². The van der Waals surface area contributed by atoms with Gasteiger partial charge in [-0.15, -0.1) is 0 Å². The van der Waals surface area contributed by atoms with Crippen LogP contribution < -0.4 is 10.1 Å². The fraction of sp³-hybridized carbons (Fsp3) is 0.800. The van der Waals surface area contributed by atoms with Gasteiger partial charge in [0.2, 0.25) is 0 Å². The van der Waals surface area contributed by atoms with Crippen molar-refractivity contribution in [2.75, 3.05) is 20.3 Å². The molecule has 0 bridgehead atoms. The van der Waals surface area contributed by atoms with Gasteiger partial charge in [-0.2, -0.15) is 5.10 Å². The highest BCUT2D eigenvalue weighted by Crippen LogP contribution is 2.34. The lowest BCUT2D eigenvalue weighted by atomic mass is 9.94. The highest BCUT2D eigenvalue weighted by atomic mass is 16.5. The van der Waals surface area contributed by atoms with Crippen molar-refractivity contribution in [1.82, 2.24) is 15.1 Å². The van der Waals surface area contributed by atoms with Crippen molar-refractivity contribution in [3.63, 3.8) is 0 Å². The van der Waals surface area contributed by atoms with Crippen molar-refractivity contribution in [3.8, 4) is 5.75 Å². The molecule has 1 rings (SSSR count). The number of nitrogens with zero attached hydrogens (tertiary/aromatic N) is 2. The number of hydrogen-bond acceptors (Lipinski definition) is 4. The summed E-state index contributed by atoms with van der Waals surface area (Å²) >= 11 is 0. The zero-order valence-electron chi connectivity index (χ0n) is 13.7.